The number of methoxy groups -OCH3 is 1. The van der Waals surface area contributed by atoms with Crippen LogP contribution in [0, 0.1) is 6.92 Å². The van der Waals surface area contributed by atoms with Crippen molar-refractivity contribution in [1.82, 2.24) is 15.1 Å². The molecule has 0 radical (unpaired) electrons. The summed E-state index contributed by atoms with van der Waals surface area (Å²) < 4.78 is 34.2. The Kier molecular flexibility index (Phi) is 5.88. The van der Waals surface area contributed by atoms with Crippen LogP contribution in [0.5, 0.6) is 5.75 Å². The van der Waals surface area contributed by atoms with Gasteiger partial charge in [-0.3, -0.25) is 4.79 Å². The van der Waals surface area contributed by atoms with Crippen LogP contribution >= 0.6 is 0 Å². The molecule has 2 aromatic carbocycles. The van der Waals surface area contributed by atoms with Gasteiger partial charge in [0.25, 0.3) is 12.3 Å². The van der Waals surface area contributed by atoms with Crippen LogP contribution in [-0.2, 0) is 6.54 Å². The summed E-state index contributed by atoms with van der Waals surface area (Å²) in [5.74, 6) is 0.576. The minimum Gasteiger partial charge on any atom is -0.496 e. The number of alkyl halides is 2. The van der Waals surface area contributed by atoms with Crippen molar-refractivity contribution in [3.63, 3.8) is 0 Å². The lowest BCUT2D eigenvalue weighted by molar-refractivity contribution is 0.0656. The zero-order valence-electron chi connectivity index (χ0n) is 17.3. The molecule has 1 amide bonds. The van der Waals surface area contributed by atoms with Gasteiger partial charge in [0.2, 0.25) is 0 Å². The highest BCUT2D eigenvalue weighted by Gasteiger charge is 2.36. The summed E-state index contributed by atoms with van der Waals surface area (Å²) in [5.41, 5.74) is 3.03. The lowest BCUT2D eigenvalue weighted by atomic mass is 9.96. The lowest BCUT2D eigenvalue weighted by Crippen LogP contribution is -2.32. The van der Waals surface area contributed by atoms with Crippen molar-refractivity contribution >= 4 is 11.7 Å². The van der Waals surface area contributed by atoms with Crippen LogP contribution in [-0.4, -0.2) is 29.2 Å². The second-order valence-electron chi connectivity index (χ2n) is 7.59. The Labute approximate surface area is 179 Å². The molecule has 2 heterocycles. The molecule has 31 heavy (non-hydrogen) atoms. The number of carbonyl (C=O) groups excluding carboxylic acids is 1. The lowest BCUT2D eigenvalue weighted by Gasteiger charge is -2.32. The van der Waals surface area contributed by atoms with E-state index in [0.717, 1.165) is 16.7 Å². The molecular weight excluding hydrogens is 402 g/mol. The third-order valence-electron chi connectivity index (χ3n) is 5.54. The van der Waals surface area contributed by atoms with Gasteiger partial charge in [0, 0.05) is 12.1 Å². The van der Waals surface area contributed by atoms with Crippen LogP contribution in [0.25, 0.3) is 0 Å². The largest absolute Gasteiger partial charge is 0.496 e. The molecule has 2 atom stereocenters. The molecule has 0 unspecified atom stereocenters. The van der Waals surface area contributed by atoms with E-state index in [2.05, 4.69) is 15.7 Å². The van der Waals surface area contributed by atoms with Gasteiger partial charge < -0.3 is 15.4 Å². The molecule has 2 N–H and O–H groups in total. The molecule has 0 aliphatic carbocycles. The molecule has 6 nitrogen and oxygen atoms in total. The summed E-state index contributed by atoms with van der Waals surface area (Å²) in [4.78, 5) is 12.9. The number of para-hydroxylation sites is 1. The molecule has 8 heteroatoms. The molecule has 0 bridgehead atoms. The fourth-order valence-electron chi connectivity index (χ4n) is 3.84. The maximum atomic E-state index is 13.8. The van der Waals surface area contributed by atoms with Gasteiger partial charge in [0.05, 0.1) is 19.3 Å². The standard InChI is InChI=1S/C23H24F2N4O2/c1-14-7-9-15(10-8-14)18-11-19(21(24)25)29-22(28-18)17(13-27-29)23(30)26-12-16-5-3-4-6-20(16)31-2/h3-10,13,18-19,21,28H,11-12H2,1-2H3,(H,26,30)/t18-,19+/m0/s1. The Hall–Kier alpha value is -3.42. The second-order valence-corrected chi connectivity index (χ2v) is 7.59. The van der Waals surface area contributed by atoms with E-state index in [-0.39, 0.29) is 24.6 Å². The minimum atomic E-state index is -2.60. The molecule has 162 valence electrons. The molecule has 3 aromatic rings. The normalized spacial score (nSPS) is 17.7. The van der Waals surface area contributed by atoms with Crippen molar-refractivity contribution in [3.8, 4) is 5.75 Å². The number of aryl methyl sites for hydroxylation is 1. The van der Waals surface area contributed by atoms with Crippen molar-refractivity contribution < 1.29 is 18.3 Å². The Morgan fingerprint density at radius 3 is 2.71 bits per heavy atom. The average Bonchev–Trinajstić information content (AvgIpc) is 3.21. The highest BCUT2D eigenvalue weighted by molar-refractivity contribution is 5.98. The van der Waals surface area contributed by atoms with Crippen molar-refractivity contribution in [2.45, 2.75) is 38.4 Å². The van der Waals surface area contributed by atoms with Crippen molar-refractivity contribution in [1.29, 1.82) is 0 Å². The number of ether oxygens (including phenoxy) is 1. The Bertz CT molecular complexity index is 1070. The number of carbonyl (C=O) groups is 1. The van der Waals surface area contributed by atoms with Crippen molar-refractivity contribution in [2.24, 2.45) is 0 Å². The summed E-state index contributed by atoms with van der Waals surface area (Å²) in [6, 6.07) is 13.6. The van der Waals surface area contributed by atoms with E-state index >= 15 is 0 Å². The van der Waals surface area contributed by atoms with Gasteiger partial charge in [-0.1, -0.05) is 48.0 Å². The topological polar surface area (TPSA) is 68.2 Å². The Balaban J connectivity index is 1.58. The fraction of sp³-hybridized carbons (Fsp3) is 0.304. The number of nitrogens with zero attached hydrogens (tertiary/aromatic N) is 2. The highest BCUT2D eigenvalue weighted by atomic mass is 19.3. The van der Waals surface area contributed by atoms with Gasteiger partial charge in [-0.2, -0.15) is 5.10 Å². The van der Waals surface area contributed by atoms with Gasteiger partial charge in [0.15, 0.2) is 0 Å². The number of hydrogen-bond acceptors (Lipinski definition) is 4. The summed E-state index contributed by atoms with van der Waals surface area (Å²) >= 11 is 0. The predicted molar refractivity (Wildman–Crippen MR) is 114 cm³/mol. The molecule has 4 rings (SSSR count). The van der Waals surface area contributed by atoms with Crippen LogP contribution in [0.15, 0.2) is 54.7 Å². The molecular formula is C23H24F2N4O2. The van der Waals surface area contributed by atoms with Gasteiger partial charge in [0.1, 0.15) is 23.2 Å². The van der Waals surface area contributed by atoms with E-state index in [9.17, 15) is 13.6 Å². The first kappa shape index (κ1) is 20.8. The highest BCUT2D eigenvalue weighted by Crippen LogP contribution is 2.39. The van der Waals surface area contributed by atoms with E-state index in [1.807, 2.05) is 55.5 Å². The maximum Gasteiger partial charge on any atom is 0.260 e. The summed E-state index contributed by atoms with van der Waals surface area (Å²) in [5, 5.41) is 10.2. The summed E-state index contributed by atoms with van der Waals surface area (Å²) in [6.07, 6.45) is -1.08. The number of fused-ring (bicyclic) bond motifs is 1. The SMILES string of the molecule is COc1ccccc1CNC(=O)c1cnn2c1N[C@H](c1ccc(C)cc1)C[C@@H]2C(F)F. The first-order valence-electron chi connectivity index (χ1n) is 10.1. The number of halogens is 2. The maximum absolute atomic E-state index is 13.8. The summed E-state index contributed by atoms with van der Waals surface area (Å²) in [6.45, 7) is 2.21. The molecule has 0 fully saturated rings. The first-order chi connectivity index (χ1) is 15.0. The van der Waals surface area contributed by atoms with E-state index in [4.69, 9.17) is 4.74 Å². The molecule has 1 aliphatic rings. The quantitative estimate of drug-likeness (QED) is 0.609. The fourth-order valence-corrected chi connectivity index (χ4v) is 3.84. The van der Waals surface area contributed by atoms with Crippen molar-refractivity contribution in [2.75, 3.05) is 12.4 Å². The number of aromatic nitrogens is 2. The van der Waals surface area contributed by atoms with Crippen LogP contribution in [0.4, 0.5) is 14.6 Å². The smallest absolute Gasteiger partial charge is 0.260 e. The molecule has 1 aromatic heterocycles. The number of anilines is 1. The number of benzene rings is 2. The first-order valence-corrected chi connectivity index (χ1v) is 10.1. The van der Waals surface area contributed by atoms with Crippen LogP contribution < -0.4 is 15.4 Å². The van der Waals surface area contributed by atoms with E-state index in [1.54, 1.807) is 7.11 Å². The number of amides is 1. The van der Waals surface area contributed by atoms with E-state index < -0.39 is 18.4 Å². The second kappa shape index (κ2) is 8.75. The third kappa shape index (κ3) is 4.23. The molecule has 0 saturated heterocycles. The summed E-state index contributed by atoms with van der Waals surface area (Å²) in [7, 11) is 1.56. The number of nitrogens with one attached hydrogen (secondary N) is 2. The predicted octanol–water partition coefficient (Wildman–Crippen LogP) is 4.49. The molecule has 1 aliphatic heterocycles. The Morgan fingerprint density at radius 2 is 2.00 bits per heavy atom. The minimum absolute atomic E-state index is 0.178. The number of rotatable bonds is 6. The molecule has 0 spiro atoms. The Morgan fingerprint density at radius 1 is 1.26 bits per heavy atom. The third-order valence-corrected chi connectivity index (χ3v) is 5.54. The van der Waals surface area contributed by atoms with Gasteiger partial charge >= 0.3 is 0 Å². The number of hydrogen-bond donors (Lipinski definition) is 2. The zero-order chi connectivity index (χ0) is 22.0. The van der Waals surface area contributed by atoms with Gasteiger partial charge in [-0.15, -0.1) is 0 Å². The van der Waals surface area contributed by atoms with E-state index in [0.29, 0.717) is 11.6 Å². The van der Waals surface area contributed by atoms with Crippen molar-refractivity contribution in [3.05, 3.63) is 77.0 Å². The molecule has 0 saturated carbocycles. The monoisotopic (exact) mass is 426 g/mol. The van der Waals surface area contributed by atoms with E-state index in [1.165, 1.54) is 10.9 Å². The van der Waals surface area contributed by atoms with Gasteiger partial charge in [-0.05, 0) is 25.0 Å². The van der Waals surface area contributed by atoms with Gasteiger partial charge in [-0.25, -0.2) is 13.5 Å². The average molecular weight is 426 g/mol. The van der Waals surface area contributed by atoms with Crippen LogP contribution in [0.2, 0.25) is 0 Å². The zero-order valence-corrected chi connectivity index (χ0v) is 17.3. The van der Waals surface area contributed by atoms with Crippen LogP contribution in [0.1, 0.15) is 45.6 Å². The van der Waals surface area contributed by atoms with Crippen LogP contribution in [0.3, 0.4) is 0 Å².